The molecular weight excluding hydrogens is 611 g/mol. The first-order chi connectivity index (χ1) is 17.4. The van der Waals surface area contributed by atoms with Crippen LogP contribution in [0.15, 0.2) is 65.6 Å². The van der Waals surface area contributed by atoms with E-state index in [0.717, 1.165) is 25.8 Å². The van der Waals surface area contributed by atoms with E-state index in [1.807, 2.05) is 31.2 Å². The number of amides is 2. The van der Waals surface area contributed by atoms with Crippen LogP contribution in [0, 0.1) is 14.9 Å². The predicted octanol–water partition coefficient (Wildman–Crippen LogP) is 7.03. The molecule has 1 saturated heterocycles. The average Bonchev–Trinajstić information content (AvgIpc) is 3.12. The van der Waals surface area contributed by atoms with Gasteiger partial charge in [0.2, 0.25) is 0 Å². The van der Waals surface area contributed by atoms with Gasteiger partial charge < -0.3 is 9.47 Å². The summed E-state index contributed by atoms with van der Waals surface area (Å²) in [6.07, 6.45) is 1.61. The first kappa shape index (κ1) is 26.1. The van der Waals surface area contributed by atoms with Crippen LogP contribution in [0.2, 0.25) is 5.02 Å². The zero-order valence-electron chi connectivity index (χ0n) is 19.2. The van der Waals surface area contributed by atoms with Gasteiger partial charge >= 0.3 is 0 Å². The number of thioether (sulfide) groups is 1. The van der Waals surface area contributed by atoms with Crippen molar-refractivity contribution in [3.8, 4) is 17.6 Å². The van der Waals surface area contributed by atoms with Crippen molar-refractivity contribution in [1.29, 1.82) is 5.26 Å². The first-order valence-electron chi connectivity index (χ1n) is 11.0. The zero-order valence-corrected chi connectivity index (χ0v) is 22.9. The van der Waals surface area contributed by atoms with Crippen LogP contribution in [-0.2, 0) is 17.9 Å². The monoisotopic (exact) mass is 630 g/mol. The summed E-state index contributed by atoms with van der Waals surface area (Å²) >= 11 is 9.64. The van der Waals surface area contributed by atoms with Gasteiger partial charge in [-0.05, 0) is 94.4 Å². The van der Waals surface area contributed by atoms with Crippen molar-refractivity contribution < 1.29 is 19.1 Å². The van der Waals surface area contributed by atoms with Crippen LogP contribution < -0.4 is 9.47 Å². The van der Waals surface area contributed by atoms with Crippen molar-refractivity contribution in [3.05, 3.63) is 96.4 Å². The Morgan fingerprint density at radius 3 is 2.58 bits per heavy atom. The molecular formula is C27H20ClIN2O4S. The highest BCUT2D eigenvalue weighted by molar-refractivity contribution is 14.1. The molecule has 182 valence electrons. The summed E-state index contributed by atoms with van der Waals surface area (Å²) in [5, 5.41) is 9.25. The van der Waals surface area contributed by atoms with Gasteiger partial charge in [-0.15, -0.1) is 0 Å². The Labute approximate surface area is 232 Å². The summed E-state index contributed by atoms with van der Waals surface area (Å²) in [6.45, 7) is 2.60. The van der Waals surface area contributed by atoms with Crippen LogP contribution in [0.3, 0.4) is 0 Å². The molecule has 1 aliphatic rings. The number of hydrogen-bond donors (Lipinski definition) is 0. The third-order valence-corrected chi connectivity index (χ3v) is 7.17. The van der Waals surface area contributed by atoms with Gasteiger partial charge in [-0.1, -0.05) is 41.9 Å². The number of nitrogens with zero attached hydrogens (tertiary/aromatic N) is 2. The van der Waals surface area contributed by atoms with Gasteiger partial charge in [-0.25, -0.2) is 0 Å². The Balaban J connectivity index is 1.56. The number of benzene rings is 3. The van der Waals surface area contributed by atoms with E-state index in [-0.39, 0.29) is 11.4 Å². The van der Waals surface area contributed by atoms with Gasteiger partial charge in [0, 0.05) is 3.57 Å². The lowest BCUT2D eigenvalue weighted by Crippen LogP contribution is -2.27. The second-order valence-electron chi connectivity index (χ2n) is 7.71. The summed E-state index contributed by atoms with van der Waals surface area (Å²) in [7, 11) is 0. The fourth-order valence-electron chi connectivity index (χ4n) is 3.54. The van der Waals surface area contributed by atoms with Gasteiger partial charge in [0.15, 0.2) is 11.5 Å². The van der Waals surface area contributed by atoms with E-state index in [0.29, 0.717) is 46.4 Å². The van der Waals surface area contributed by atoms with E-state index in [9.17, 15) is 14.9 Å². The molecule has 0 saturated carbocycles. The molecule has 3 aromatic carbocycles. The molecule has 1 aliphatic heterocycles. The largest absolute Gasteiger partial charge is 0.490 e. The number of carbonyl (C=O) groups is 2. The van der Waals surface area contributed by atoms with Crippen molar-refractivity contribution in [3.63, 3.8) is 0 Å². The first-order valence-corrected chi connectivity index (χ1v) is 13.2. The van der Waals surface area contributed by atoms with Gasteiger partial charge in [0.25, 0.3) is 11.1 Å². The molecule has 0 radical (unpaired) electrons. The fourth-order valence-corrected chi connectivity index (χ4v) is 5.01. The van der Waals surface area contributed by atoms with E-state index < -0.39 is 11.1 Å². The second kappa shape index (κ2) is 11.8. The lowest BCUT2D eigenvalue weighted by atomic mass is 10.1. The van der Waals surface area contributed by atoms with Gasteiger partial charge in [0.05, 0.1) is 34.7 Å². The number of rotatable bonds is 8. The Morgan fingerprint density at radius 2 is 1.86 bits per heavy atom. The molecule has 4 rings (SSSR count). The zero-order chi connectivity index (χ0) is 25.7. The predicted molar refractivity (Wildman–Crippen MR) is 149 cm³/mol. The molecule has 0 spiro atoms. The van der Waals surface area contributed by atoms with Gasteiger partial charge in [-0.2, -0.15) is 5.26 Å². The number of carbonyl (C=O) groups excluding carboxylic acids is 2. The molecule has 0 unspecified atom stereocenters. The van der Waals surface area contributed by atoms with Crippen LogP contribution in [0.25, 0.3) is 6.08 Å². The van der Waals surface area contributed by atoms with Crippen LogP contribution >= 0.6 is 46.0 Å². The topological polar surface area (TPSA) is 79.6 Å². The van der Waals surface area contributed by atoms with Crippen molar-refractivity contribution >= 4 is 63.2 Å². The molecule has 1 heterocycles. The third kappa shape index (κ3) is 6.03. The molecule has 0 atom stereocenters. The highest BCUT2D eigenvalue weighted by Crippen LogP contribution is 2.40. The van der Waals surface area contributed by atoms with E-state index in [1.54, 1.807) is 42.5 Å². The lowest BCUT2D eigenvalue weighted by Gasteiger charge is -2.15. The fraction of sp³-hybridized carbons (Fsp3) is 0.148. The molecule has 1 fully saturated rings. The minimum atomic E-state index is -0.425. The molecule has 36 heavy (non-hydrogen) atoms. The summed E-state index contributed by atoms with van der Waals surface area (Å²) in [5.74, 6) is 0.435. The van der Waals surface area contributed by atoms with Crippen LogP contribution in [0.4, 0.5) is 4.79 Å². The molecule has 2 amide bonds. The maximum Gasteiger partial charge on any atom is 0.293 e. The van der Waals surface area contributed by atoms with Crippen LogP contribution in [-0.4, -0.2) is 22.7 Å². The SMILES string of the molecule is CCOc1cc(/C=C2/SC(=O)N(Cc3ccccc3C#N)C2=O)cc(Cl)c1OCc1ccc(I)cc1. The smallest absolute Gasteiger partial charge is 0.293 e. The molecule has 0 aromatic heterocycles. The summed E-state index contributed by atoms with van der Waals surface area (Å²) < 4.78 is 12.9. The van der Waals surface area contributed by atoms with Crippen LogP contribution in [0.1, 0.15) is 29.2 Å². The van der Waals surface area contributed by atoms with E-state index in [2.05, 4.69) is 28.7 Å². The minimum Gasteiger partial charge on any atom is -0.490 e. The van der Waals surface area contributed by atoms with E-state index >= 15 is 0 Å². The highest BCUT2D eigenvalue weighted by Gasteiger charge is 2.35. The van der Waals surface area contributed by atoms with Crippen LogP contribution in [0.5, 0.6) is 11.5 Å². The molecule has 6 nitrogen and oxygen atoms in total. The number of hydrogen-bond acceptors (Lipinski definition) is 6. The van der Waals surface area contributed by atoms with Gasteiger partial charge in [-0.3, -0.25) is 14.5 Å². The maximum atomic E-state index is 13.0. The quantitative estimate of drug-likeness (QED) is 0.196. The summed E-state index contributed by atoms with van der Waals surface area (Å²) in [6, 6.07) is 20.4. The Morgan fingerprint density at radius 1 is 1.11 bits per heavy atom. The summed E-state index contributed by atoms with van der Waals surface area (Å²) in [4.78, 5) is 27.0. The molecule has 0 aliphatic carbocycles. The molecule has 3 aromatic rings. The summed E-state index contributed by atoms with van der Waals surface area (Å²) in [5.41, 5.74) is 2.63. The number of halogens is 2. The van der Waals surface area contributed by atoms with Crippen molar-refractivity contribution in [2.45, 2.75) is 20.1 Å². The van der Waals surface area contributed by atoms with Gasteiger partial charge in [0.1, 0.15) is 6.61 Å². The highest BCUT2D eigenvalue weighted by atomic mass is 127. The standard InChI is InChI=1S/C27H20ClIN2O4S/c1-2-34-23-12-18(11-22(28)25(23)35-16-17-7-9-21(29)10-8-17)13-24-26(32)31(27(33)36-24)15-20-6-4-3-5-19(20)14-30/h3-13H,2,15-16H2,1H3/b24-13+. The molecule has 0 bridgehead atoms. The lowest BCUT2D eigenvalue weighted by molar-refractivity contribution is -0.123. The second-order valence-corrected chi connectivity index (χ2v) is 10.4. The van der Waals surface area contributed by atoms with Crippen molar-refractivity contribution in [2.24, 2.45) is 0 Å². The molecule has 9 heteroatoms. The normalized spacial score (nSPS) is 14.3. The Kier molecular flexibility index (Phi) is 8.56. The third-order valence-electron chi connectivity index (χ3n) is 5.27. The van der Waals surface area contributed by atoms with E-state index in [1.165, 1.54) is 0 Å². The number of ether oxygens (including phenoxy) is 2. The van der Waals surface area contributed by atoms with Crippen molar-refractivity contribution in [1.82, 2.24) is 4.90 Å². The Hall–Kier alpha value is -3.00. The minimum absolute atomic E-state index is 0.0298. The Bertz CT molecular complexity index is 1390. The number of imide groups is 1. The maximum absolute atomic E-state index is 13.0. The van der Waals surface area contributed by atoms with Crippen molar-refractivity contribution in [2.75, 3.05) is 6.61 Å². The average molecular weight is 631 g/mol. The van der Waals surface area contributed by atoms with E-state index in [4.69, 9.17) is 21.1 Å². The molecule has 0 N–H and O–H groups in total. The number of nitriles is 1.